The third-order valence-electron chi connectivity index (χ3n) is 4.52. The maximum atomic E-state index is 12.5. The van der Waals surface area contributed by atoms with Gasteiger partial charge in [0, 0.05) is 13.1 Å². The van der Waals surface area contributed by atoms with E-state index in [1.807, 2.05) is 6.92 Å². The van der Waals surface area contributed by atoms with Crippen molar-refractivity contribution in [2.24, 2.45) is 0 Å². The van der Waals surface area contributed by atoms with Gasteiger partial charge in [-0.2, -0.15) is 0 Å². The standard InChI is InChI=1S/C16H22N6O3/c1-2-9-22-13(17-18-19-22)11-21-15(24)14(23)20(16(21)25)10-8-12-6-4-3-5-7-12/h6H,2-5,7-11H2,1H3. The number of hydrogen-bond acceptors (Lipinski definition) is 6. The van der Waals surface area contributed by atoms with Crippen LogP contribution in [-0.2, 0) is 22.7 Å². The Morgan fingerprint density at radius 1 is 1.08 bits per heavy atom. The fourth-order valence-electron chi connectivity index (χ4n) is 3.14. The van der Waals surface area contributed by atoms with Crippen LogP contribution in [0.5, 0.6) is 0 Å². The first-order valence-corrected chi connectivity index (χ1v) is 8.72. The van der Waals surface area contributed by atoms with Crippen LogP contribution in [-0.4, -0.2) is 54.4 Å². The second-order valence-electron chi connectivity index (χ2n) is 6.31. The highest BCUT2D eigenvalue weighted by atomic mass is 16.2. The lowest BCUT2D eigenvalue weighted by Crippen LogP contribution is -2.34. The molecular formula is C16H22N6O3. The Labute approximate surface area is 145 Å². The Bertz CT molecular complexity index is 710. The number of hydrogen-bond donors (Lipinski definition) is 0. The minimum absolute atomic E-state index is 0.0877. The van der Waals surface area contributed by atoms with E-state index in [4.69, 9.17) is 0 Å². The summed E-state index contributed by atoms with van der Waals surface area (Å²) in [6, 6.07) is -0.586. The number of amides is 4. The molecule has 4 amide bonds. The summed E-state index contributed by atoms with van der Waals surface area (Å²) in [5, 5.41) is 11.3. The molecule has 1 fully saturated rings. The van der Waals surface area contributed by atoms with Crippen LogP contribution in [0.15, 0.2) is 11.6 Å². The SMILES string of the molecule is CCCn1nnnc1CN1C(=O)C(=O)N(CCC2=CCCCC2)C1=O. The number of aryl methyl sites for hydroxylation is 1. The highest BCUT2D eigenvalue weighted by molar-refractivity contribution is 6.44. The Balaban J connectivity index is 1.66. The van der Waals surface area contributed by atoms with Crippen molar-refractivity contribution in [1.29, 1.82) is 0 Å². The zero-order valence-corrected chi connectivity index (χ0v) is 14.3. The normalized spacial score (nSPS) is 18.3. The molecule has 0 bridgehead atoms. The second-order valence-corrected chi connectivity index (χ2v) is 6.31. The van der Waals surface area contributed by atoms with Gasteiger partial charge in [-0.05, 0) is 49.0 Å². The number of allylic oxidation sites excluding steroid dienone is 1. The van der Waals surface area contributed by atoms with E-state index in [1.165, 1.54) is 12.0 Å². The van der Waals surface area contributed by atoms with Crippen molar-refractivity contribution in [1.82, 2.24) is 30.0 Å². The molecule has 1 aliphatic heterocycles. The van der Waals surface area contributed by atoms with Crippen molar-refractivity contribution in [2.75, 3.05) is 6.54 Å². The van der Waals surface area contributed by atoms with Crippen LogP contribution in [0.25, 0.3) is 0 Å². The molecule has 1 aromatic heterocycles. The van der Waals surface area contributed by atoms with Gasteiger partial charge < -0.3 is 0 Å². The van der Waals surface area contributed by atoms with Crippen LogP contribution >= 0.6 is 0 Å². The van der Waals surface area contributed by atoms with Crippen molar-refractivity contribution >= 4 is 17.8 Å². The Morgan fingerprint density at radius 2 is 1.88 bits per heavy atom. The summed E-state index contributed by atoms with van der Waals surface area (Å²) in [4.78, 5) is 38.8. The molecule has 1 aliphatic carbocycles. The minimum atomic E-state index is -0.811. The molecule has 9 nitrogen and oxygen atoms in total. The van der Waals surface area contributed by atoms with Gasteiger partial charge >= 0.3 is 17.8 Å². The van der Waals surface area contributed by atoms with E-state index < -0.39 is 17.8 Å². The van der Waals surface area contributed by atoms with Crippen LogP contribution in [0.4, 0.5) is 4.79 Å². The van der Waals surface area contributed by atoms with Gasteiger partial charge in [-0.1, -0.05) is 18.6 Å². The molecule has 0 radical (unpaired) electrons. The van der Waals surface area contributed by atoms with Crippen LogP contribution < -0.4 is 0 Å². The number of rotatable bonds is 7. The summed E-state index contributed by atoms with van der Waals surface area (Å²) in [7, 11) is 0. The third kappa shape index (κ3) is 3.59. The van der Waals surface area contributed by atoms with Crippen molar-refractivity contribution in [2.45, 2.75) is 58.5 Å². The lowest BCUT2D eigenvalue weighted by molar-refractivity contribution is -0.143. The highest BCUT2D eigenvalue weighted by Crippen LogP contribution is 2.22. The van der Waals surface area contributed by atoms with Crippen LogP contribution in [0.3, 0.4) is 0 Å². The summed E-state index contributed by atoms with van der Waals surface area (Å²) in [5.74, 6) is -1.18. The molecule has 1 saturated heterocycles. The number of nitrogens with zero attached hydrogens (tertiary/aromatic N) is 6. The zero-order chi connectivity index (χ0) is 17.8. The van der Waals surface area contributed by atoms with E-state index in [9.17, 15) is 14.4 Å². The largest absolute Gasteiger partial charge is 0.334 e. The zero-order valence-electron chi connectivity index (χ0n) is 14.3. The minimum Gasteiger partial charge on any atom is -0.263 e. The summed E-state index contributed by atoms with van der Waals surface area (Å²) >= 11 is 0. The molecule has 134 valence electrons. The third-order valence-corrected chi connectivity index (χ3v) is 4.52. The smallest absolute Gasteiger partial charge is 0.263 e. The van der Waals surface area contributed by atoms with Crippen LogP contribution in [0.1, 0.15) is 51.3 Å². The van der Waals surface area contributed by atoms with Gasteiger partial charge in [0.05, 0.1) is 6.54 Å². The molecule has 25 heavy (non-hydrogen) atoms. The Morgan fingerprint density at radius 3 is 2.60 bits per heavy atom. The van der Waals surface area contributed by atoms with Crippen LogP contribution in [0, 0.1) is 0 Å². The van der Waals surface area contributed by atoms with Gasteiger partial charge in [0.2, 0.25) is 0 Å². The summed E-state index contributed by atoms with van der Waals surface area (Å²) < 4.78 is 1.54. The average Bonchev–Trinajstić information content (AvgIpc) is 3.14. The molecule has 1 aromatic rings. The summed E-state index contributed by atoms with van der Waals surface area (Å²) in [6.07, 6.45) is 7.99. The van der Waals surface area contributed by atoms with Crippen LogP contribution in [0.2, 0.25) is 0 Å². The van der Waals surface area contributed by atoms with Gasteiger partial charge in [-0.25, -0.2) is 14.4 Å². The predicted molar refractivity (Wildman–Crippen MR) is 86.9 cm³/mol. The highest BCUT2D eigenvalue weighted by Gasteiger charge is 2.44. The summed E-state index contributed by atoms with van der Waals surface area (Å²) in [5.41, 5.74) is 1.25. The number of carbonyl (C=O) groups is 3. The maximum absolute atomic E-state index is 12.5. The molecular weight excluding hydrogens is 324 g/mol. The van der Waals surface area contributed by atoms with Gasteiger partial charge in [0.15, 0.2) is 5.82 Å². The lowest BCUT2D eigenvalue weighted by Gasteiger charge is -2.17. The van der Waals surface area contributed by atoms with Gasteiger partial charge in [-0.3, -0.25) is 14.5 Å². The fraction of sp³-hybridized carbons (Fsp3) is 0.625. The molecule has 3 rings (SSSR count). The van der Waals surface area contributed by atoms with Crippen molar-refractivity contribution in [3.63, 3.8) is 0 Å². The molecule has 0 aromatic carbocycles. The van der Waals surface area contributed by atoms with E-state index >= 15 is 0 Å². The Kier molecular flexibility index (Phi) is 5.20. The van der Waals surface area contributed by atoms with E-state index in [-0.39, 0.29) is 13.1 Å². The van der Waals surface area contributed by atoms with Crippen molar-refractivity contribution in [3.05, 3.63) is 17.5 Å². The summed E-state index contributed by atoms with van der Waals surface area (Å²) in [6.45, 7) is 2.72. The molecule has 0 N–H and O–H groups in total. The average molecular weight is 346 g/mol. The number of carbonyl (C=O) groups excluding carboxylic acids is 3. The first kappa shape index (κ1) is 17.2. The van der Waals surface area contributed by atoms with E-state index in [0.29, 0.717) is 18.8 Å². The first-order chi connectivity index (χ1) is 12.1. The van der Waals surface area contributed by atoms with E-state index in [1.54, 1.807) is 4.68 Å². The number of urea groups is 1. The Hall–Kier alpha value is -2.58. The fourth-order valence-corrected chi connectivity index (χ4v) is 3.14. The van der Waals surface area contributed by atoms with Crippen molar-refractivity contribution < 1.29 is 14.4 Å². The quantitative estimate of drug-likeness (QED) is 0.418. The molecule has 0 atom stereocenters. The van der Waals surface area contributed by atoms with Crippen molar-refractivity contribution in [3.8, 4) is 0 Å². The molecule has 0 unspecified atom stereocenters. The van der Waals surface area contributed by atoms with Gasteiger partial charge in [0.1, 0.15) is 0 Å². The number of tetrazole rings is 1. The second kappa shape index (κ2) is 7.54. The lowest BCUT2D eigenvalue weighted by atomic mass is 9.97. The molecule has 2 aliphatic rings. The molecule has 0 spiro atoms. The molecule has 2 heterocycles. The van der Waals surface area contributed by atoms with Gasteiger partial charge in [0.25, 0.3) is 0 Å². The van der Waals surface area contributed by atoms with E-state index in [0.717, 1.165) is 35.5 Å². The molecule has 9 heteroatoms. The number of imide groups is 2. The molecule has 0 saturated carbocycles. The topological polar surface area (TPSA) is 101 Å². The van der Waals surface area contributed by atoms with E-state index in [2.05, 4.69) is 21.6 Å². The predicted octanol–water partition coefficient (Wildman–Crippen LogP) is 1.26. The maximum Gasteiger partial charge on any atom is 0.334 e. The van der Waals surface area contributed by atoms with Gasteiger partial charge in [-0.15, -0.1) is 5.10 Å². The number of aromatic nitrogens is 4. The monoisotopic (exact) mass is 346 g/mol. The first-order valence-electron chi connectivity index (χ1n) is 8.72.